The molecule has 3 heterocycles. The predicted molar refractivity (Wildman–Crippen MR) is 108 cm³/mol. The van der Waals surface area contributed by atoms with Gasteiger partial charge < -0.3 is 19.7 Å². The summed E-state index contributed by atoms with van der Waals surface area (Å²) >= 11 is 0. The molecular weight excluding hydrogens is 352 g/mol. The van der Waals surface area contributed by atoms with E-state index >= 15 is 0 Å². The number of piperidine rings is 1. The Bertz CT molecular complexity index is 902. The van der Waals surface area contributed by atoms with Gasteiger partial charge in [-0.3, -0.25) is 4.79 Å². The largest absolute Gasteiger partial charge is 0.495 e. The lowest BCUT2D eigenvalue weighted by atomic mass is 9.74. The number of carbonyl (C=O) groups is 1. The average Bonchev–Trinajstić information content (AvgIpc) is 3.08. The maximum absolute atomic E-state index is 12.7. The van der Waals surface area contributed by atoms with Crippen LogP contribution in [0.1, 0.15) is 24.0 Å². The topological polar surface area (TPSA) is 50.8 Å². The first-order valence-electron chi connectivity index (χ1n) is 10.1. The molecule has 0 radical (unpaired) electrons. The van der Waals surface area contributed by atoms with E-state index in [-0.39, 0.29) is 17.2 Å². The van der Waals surface area contributed by atoms with Crippen molar-refractivity contribution < 1.29 is 14.3 Å². The second-order valence-electron chi connectivity index (χ2n) is 8.25. The minimum Gasteiger partial charge on any atom is -0.495 e. The Morgan fingerprint density at radius 2 is 2.00 bits per heavy atom. The maximum Gasteiger partial charge on any atom is 0.229 e. The second-order valence-corrected chi connectivity index (χ2v) is 8.25. The summed E-state index contributed by atoms with van der Waals surface area (Å²) in [5.41, 5.74) is 3.52. The Labute approximate surface area is 165 Å². The zero-order chi connectivity index (χ0) is 19.1. The van der Waals surface area contributed by atoms with Crippen LogP contribution in [0.3, 0.4) is 0 Å². The summed E-state index contributed by atoms with van der Waals surface area (Å²) in [6.07, 6.45) is 2.94. The minimum atomic E-state index is -0.0132. The Morgan fingerprint density at radius 1 is 1.18 bits per heavy atom. The average molecular weight is 378 g/mol. The monoisotopic (exact) mass is 378 g/mol. The SMILES string of the molecule is COc1cccc2c1NC(=O)C(CN1CCC3(CC1)COc1ccccc13)C2. The number of carbonyl (C=O) groups excluding carboxylic acids is 1. The van der Waals surface area contributed by atoms with Gasteiger partial charge in [-0.15, -0.1) is 0 Å². The van der Waals surface area contributed by atoms with Crippen LogP contribution >= 0.6 is 0 Å². The van der Waals surface area contributed by atoms with Gasteiger partial charge in [0.2, 0.25) is 5.91 Å². The third-order valence-electron chi connectivity index (χ3n) is 6.67. The van der Waals surface area contributed by atoms with E-state index in [1.54, 1.807) is 7.11 Å². The van der Waals surface area contributed by atoms with Gasteiger partial charge in [-0.2, -0.15) is 0 Å². The second kappa shape index (κ2) is 6.82. The van der Waals surface area contributed by atoms with Crippen LogP contribution in [0.4, 0.5) is 5.69 Å². The van der Waals surface area contributed by atoms with Crippen molar-refractivity contribution in [1.82, 2.24) is 4.90 Å². The van der Waals surface area contributed by atoms with Gasteiger partial charge in [-0.1, -0.05) is 30.3 Å². The molecular formula is C23H26N2O3. The van der Waals surface area contributed by atoms with Crippen LogP contribution < -0.4 is 14.8 Å². The van der Waals surface area contributed by atoms with Crippen molar-refractivity contribution in [3.63, 3.8) is 0 Å². The van der Waals surface area contributed by atoms with Gasteiger partial charge >= 0.3 is 0 Å². The zero-order valence-corrected chi connectivity index (χ0v) is 16.2. The summed E-state index contributed by atoms with van der Waals surface area (Å²) < 4.78 is 11.4. The van der Waals surface area contributed by atoms with E-state index in [2.05, 4.69) is 34.5 Å². The number of benzene rings is 2. The molecule has 5 nitrogen and oxygen atoms in total. The molecule has 0 aromatic heterocycles. The van der Waals surface area contributed by atoms with Gasteiger partial charge in [0.1, 0.15) is 11.5 Å². The number of ether oxygens (including phenoxy) is 2. The Kier molecular flexibility index (Phi) is 4.27. The quantitative estimate of drug-likeness (QED) is 0.891. The van der Waals surface area contributed by atoms with Gasteiger partial charge in [0.25, 0.3) is 0 Å². The summed E-state index contributed by atoms with van der Waals surface area (Å²) in [4.78, 5) is 15.1. The van der Waals surface area contributed by atoms with Crippen molar-refractivity contribution in [3.8, 4) is 11.5 Å². The summed E-state index contributed by atoms with van der Waals surface area (Å²) in [6.45, 7) is 3.61. The first-order chi connectivity index (χ1) is 13.7. The summed E-state index contributed by atoms with van der Waals surface area (Å²) in [5.74, 6) is 1.88. The molecule has 28 heavy (non-hydrogen) atoms. The molecule has 0 aliphatic carbocycles. The van der Waals surface area contributed by atoms with Gasteiger partial charge in [-0.05, 0) is 50.0 Å². The number of hydrogen-bond acceptors (Lipinski definition) is 4. The van der Waals surface area contributed by atoms with Crippen molar-refractivity contribution in [1.29, 1.82) is 0 Å². The molecule has 3 aliphatic heterocycles. The highest BCUT2D eigenvalue weighted by Crippen LogP contribution is 2.45. The number of likely N-dealkylation sites (tertiary alicyclic amines) is 1. The molecule has 1 saturated heterocycles. The number of nitrogens with zero attached hydrogens (tertiary/aromatic N) is 1. The van der Waals surface area contributed by atoms with Crippen LogP contribution in [0.25, 0.3) is 0 Å². The molecule has 0 saturated carbocycles. The number of nitrogens with one attached hydrogen (secondary N) is 1. The van der Waals surface area contributed by atoms with Crippen LogP contribution in [0.15, 0.2) is 42.5 Å². The zero-order valence-electron chi connectivity index (χ0n) is 16.2. The van der Waals surface area contributed by atoms with Crippen molar-refractivity contribution >= 4 is 11.6 Å². The molecule has 3 aliphatic rings. The van der Waals surface area contributed by atoms with Gasteiger partial charge in [0.05, 0.1) is 25.3 Å². The number of fused-ring (bicyclic) bond motifs is 3. The van der Waals surface area contributed by atoms with Gasteiger partial charge in [0, 0.05) is 17.5 Å². The van der Waals surface area contributed by atoms with E-state index in [4.69, 9.17) is 9.47 Å². The number of methoxy groups -OCH3 is 1. The highest BCUT2D eigenvalue weighted by Gasteiger charge is 2.43. The molecule has 146 valence electrons. The lowest BCUT2D eigenvalue weighted by Gasteiger charge is -2.40. The van der Waals surface area contributed by atoms with Gasteiger partial charge in [-0.25, -0.2) is 0 Å². The molecule has 0 bridgehead atoms. The summed E-state index contributed by atoms with van der Waals surface area (Å²) in [7, 11) is 1.64. The van der Waals surface area contributed by atoms with Crippen molar-refractivity contribution in [2.45, 2.75) is 24.7 Å². The van der Waals surface area contributed by atoms with Crippen LogP contribution in [-0.2, 0) is 16.6 Å². The van der Waals surface area contributed by atoms with E-state index in [1.165, 1.54) is 5.56 Å². The Hall–Kier alpha value is -2.53. The fraction of sp³-hybridized carbons (Fsp3) is 0.435. The van der Waals surface area contributed by atoms with Crippen molar-refractivity contribution in [3.05, 3.63) is 53.6 Å². The lowest BCUT2D eigenvalue weighted by molar-refractivity contribution is -0.121. The molecule has 2 aromatic rings. The van der Waals surface area contributed by atoms with E-state index in [0.717, 1.165) is 68.3 Å². The highest BCUT2D eigenvalue weighted by atomic mass is 16.5. The van der Waals surface area contributed by atoms with Gasteiger partial charge in [0.15, 0.2) is 0 Å². The number of amides is 1. The van der Waals surface area contributed by atoms with E-state index in [1.807, 2.05) is 18.2 Å². The standard InChI is InChI=1S/C23H26N2O3/c1-27-20-8-4-5-16-13-17(22(26)24-21(16)20)14-25-11-9-23(10-12-25)15-28-19-7-3-2-6-18(19)23/h2-8,17H,9-15H2,1H3,(H,24,26). The maximum atomic E-state index is 12.7. The Morgan fingerprint density at radius 3 is 2.82 bits per heavy atom. The molecule has 2 aromatic carbocycles. The highest BCUT2D eigenvalue weighted by molar-refractivity contribution is 5.97. The molecule has 1 fully saturated rings. The molecule has 5 heteroatoms. The van der Waals surface area contributed by atoms with Crippen LogP contribution in [-0.4, -0.2) is 44.2 Å². The molecule has 1 N–H and O–H groups in total. The molecule has 1 unspecified atom stereocenters. The fourth-order valence-corrected chi connectivity index (χ4v) is 5.00. The smallest absolute Gasteiger partial charge is 0.229 e. The lowest BCUT2D eigenvalue weighted by Crippen LogP contribution is -2.47. The van der Waals surface area contributed by atoms with E-state index in [0.29, 0.717) is 0 Å². The van der Waals surface area contributed by atoms with Crippen LogP contribution in [0.5, 0.6) is 11.5 Å². The van der Waals surface area contributed by atoms with Crippen molar-refractivity contribution in [2.24, 2.45) is 5.92 Å². The fourth-order valence-electron chi connectivity index (χ4n) is 5.00. The number of para-hydroxylation sites is 2. The van der Waals surface area contributed by atoms with E-state index in [9.17, 15) is 4.79 Å². The summed E-state index contributed by atoms with van der Waals surface area (Å²) in [6, 6.07) is 14.4. The number of anilines is 1. The van der Waals surface area contributed by atoms with Crippen molar-refractivity contribution in [2.75, 3.05) is 38.7 Å². The predicted octanol–water partition coefficient (Wildman–Crippen LogP) is 3.23. The Balaban J connectivity index is 1.26. The molecule has 1 spiro atoms. The number of hydrogen-bond donors (Lipinski definition) is 1. The van der Waals surface area contributed by atoms with Crippen LogP contribution in [0.2, 0.25) is 0 Å². The van der Waals surface area contributed by atoms with Crippen LogP contribution in [0, 0.1) is 5.92 Å². The summed E-state index contributed by atoms with van der Waals surface area (Å²) in [5, 5.41) is 3.07. The van der Waals surface area contributed by atoms with E-state index < -0.39 is 0 Å². The molecule has 1 atom stereocenters. The minimum absolute atomic E-state index is 0.0132. The first kappa shape index (κ1) is 17.6. The molecule has 1 amide bonds. The first-order valence-corrected chi connectivity index (χ1v) is 10.1. The third-order valence-corrected chi connectivity index (χ3v) is 6.67. The normalized spacial score (nSPS) is 22.9. The number of rotatable bonds is 3. The third kappa shape index (κ3) is 2.85. The molecule has 5 rings (SSSR count).